The normalized spacial score (nSPS) is 10.8. The van der Waals surface area contributed by atoms with E-state index in [-0.39, 0.29) is 5.91 Å². The second-order valence-corrected chi connectivity index (χ2v) is 5.93. The summed E-state index contributed by atoms with van der Waals surface area (Å²) in [4.78, 5) is 12.2. The van der Waals surface area contributed by atoms with E-state index in [0.717, 1.165) is 15.7 Å². The molecular weight excluding hydrogens is 328 g/mol. The number of carbonyl (C=O) groups excluding carboxylic acids is 1. The molecular formula is C17H15BrN2O. The molecule has 0 aliphatic rings. The second kappa shape index (κ2) is 5.74. The molecule has 3 rings (SSSR count). The van der Waals surface area contributed by atoms with Crippen molar-refractivity contribution in [1.82, 2.24) is 4.57 Å². The lowest BCUT2D eigenvalue weighted by Gasteiger charge is -2.08. The minimum Gasteiger partial charge on any atom is -0.338 e. The Bertz CT molecular complexity index is 807. The van der Waals surface area contributed by atoms with E-state index < -0.39 is 0 Å². The van der Waals surface area contributed by atoms with Crippen molar-refractivity contribution in [2.75, 3.05) is 5.32 Å². The van der Waals surface area contributed by atoms with Crippen LogP contribution in [0.1, 0.15) is 5.56 Å². The SMILES string of the molecule is Cc1cccc2c1ccn2CC(=O)Nc1cccc(Br)c1. The Morgan fingerprint density at radius 1 is 1.19 bits per heavy atom. The number of fused-ring (bicyclic) bond motifs is 1. The molecule has 0 spiro atoms. The molecule has 0 aliphatic heterocycles. The van der Waals surface area contributed by atoms with Crippen LogP contribution >= 0.6 is 15.9 Å². The predicted octanol–water partition coefficient (Wildman–Crippen LogP) is 4.35. The van der Waals surface area contributed by atoms with Gasteiger partial charge in [0.2, 0.25) is 5.91 Å². The van der Waals surface area contributed by atoms with E-state index in [2.05, 4.69) is 40.3 Å². The number of nitrogens with one attached hydrogen (secondary N) is 1. The van der Waals surface area contributed by atoms with Crippen LogP contribution in [0.2, 0.25) is 0 Å². The topological polar surface area (TPSA) is 34.0 Å². The number of benzene rings is 2. The maximum atomic E-state index is 12.2. The van der Waals surface area contributed by atoms with E-state index in [4.69, 9.17) is 0 Å². The van der Waals surface area contributed by atoms with E-state index in [0.29, 0.717) is 6.54 Å². The van der Waals surface area contributed by atoms with Crippen LogP contribution in [0.15, 0.2) is 59.2 Å². The molecule has 0 atom stereocenters. The third kappa shape index (κ3) is 3.00. The van der Waals surface area contributed by atoms with Crippen LogP contribution in [0.25, 0.3) is 10.9 Å². The van der Waals surface area contributed by atoms with Gasteiger partial charge in [-0.25, -0.2) is 0 Å². The lowest BCUT2D eigenvalue weighted by atomic mass is 10.1. The van der Waals surface area contributed by atoms with Gasteiger partial charge in [0.05, 0.1) is 0 Å². The summed E-state index contributed by atoms with van der Waals surface area (Å²) in [5, 5.41) is 4.10. The number of hydrogen-bond donors (Lipinski definition) is 1. The predicted molar refractivity (Wildman–Crippen MR) is 89.4 cm³/mol. The van der Waals surface area contributed by atoms with Crippen LogP contribution in [-0.4, -0.2) is 10.5 Å². The third-order valence-corrected chi connectivity index (χ3v) is 3.95. The summed E-state index contributed by atoms with van der Waals surface area (Å²) in [6.07, 6.45) is 1.96. The average molecular weight is 343 g/mol. The van der Waals surface area contributed by atoms with Gasteiger partial charge in [0.15, 0.2) is 0 Å². The summed E-state index contributed by atoms with van der Waals surface area (Å²) in [7, 11) is 0. The van der Waals surface area contributed by atoms with Crippen molar-refractivity contribution in [1.29, 1.82) is 0 Å². The van der Waals surface area contributed by atoms with Crippen LogP contribution < -0.4 is 5.32 Å². The van der Waals surface area contributed by atoms with E-state index in [1.54, 1.807) is 0 Å². The second-order valence-electron chi connectivity index (χ2n) is 5.01. The minimum absolute atomic E-state index is 0.0351. The molecule has 1 aromatic heterocycles. The maximum absolute atomic E-state index is 12.2. The highest BCUT2D eigenvalue weighted by Crippen LogP contribution is 2.20. The van der Waals surface area contributed by atoms with Crippen LogP contribution in [0, 0.1) is 6.92 Å². The molecule has 0 saturated carbocycles. The van der Waals surface area contributed by atoms with E-state index in [9.17, 15) is 4.79 Å². The van der Waals surface area contributed by atoms with Gasteiger partial charge >= 0.3 is 0 Å². The number of rotatable bonds is 3. The fourth-order valence-corrected chi connectivity index (χ4v) is 2.84. The lowest BCUT2D eigenvalue weighted by Crippen LogP contribution is -2.18. The summed E-state index contributed by atoms with van der Waals surface area (Å²) in [6, 6.07) is 15.8. The first kappa shape index (κ1) is 13.9. The van der Waals surface area contributed by atoms with Gasteiger partial charge in [0.25, 0.3) is 0 Å². The molecule has 0 aliphatic carbocycles. The first-order chi connectivity index (χ1) is 10.1. The van der Waals surface area contributed by atoms with E-state index >= 15 is 0 Å². The number of nitrogens with zero attached hydrogens (tertiary/aromatic N) is 1. The van der Waals surface area contributed by atoms with Gasteiger partial charge < -0.3 is 9.88 Å². The Labute approximate surface area is 131 Å². The number of aromatic nitrogens is 1. The minimum atomic E-state index is -0.0351. The Kier molecular flexibility index (Phi) is 3.80. The monoisotopic (exact) mass is 342 g/mol. The molecule has 1 heterocycles. The number of hydrogen-bond acceptors (Lipinski definition) is 1. The van der Waals surface area contributed by atoms with Crippen molar-refractivity contribution >= 4 is 38.4 Å². The first-order valence-corrected chi connectivity index (χ1v) is 7.53. The molecule has 0 radical (unpaired) electrons. The van der Waals surface area contributed by atoms with Gasteiger partial charge in [-0.05, 0) is 42.8 Å². The summed E-state index contributed by atoms with van der Waals surface area (Å²) in [5.41, 5.74) is 3.10. The summed E-state index contributed by atoms with van der Waals surface area (Å²) >= 11 is 3.40. The smallest absolute Gasteiger partial charge is 0.244 e. The van der Waals surface area contributed by atoms with Crippen LogP contribution in [0.5, 0.6) is 0 Å². The molecule has 0 unspecified atom stereocenters. The summed E-state index contributed by atoms with van der Waals surface area (Å²) < 4.78 is 2.91. The van der Waals surface area contributed by atoms with Crippen LogP contribution in [0.4, 0.5) is 5.69 Å². The molecule has 4 heteroatoms. The quantitative estimate of drug-likeness (QED) is 0.754. The van der Waals surface area contributed by atoms with Crippen molar-refractivity contribution in [2.45, 2.75) is 13.5 Å². The van der Waals surface area contributed by atoms with Gasteiger partial charge in [0, 0.05) is 27.3 Å². The number of carbonyl (C=O) groups is 1. The number of anilines is 1. The van der Waals surface area contributed by atoms with Gasteiger partial charge in [-0.2, -0.15) is 0 Å². The van der Waals surface area contributed by atoms with Crippen LogP contribution in [-0.2, 0) is 11.3 Å². The zero-order valence-electron chi connectivity index (χ0n) is 11.6. The zero-order valence-corrected chi connectivity index (χ0v) is 13.2. The van der Waals surface area contributed by atoms with Crippen LogP contribution in [0.3, 0.4) is 0 Å². The lowest BCUT2D eigenvalue weighted by molar-refractivity contribution is -0.116. The van der Waals surface area contributed by atoms with E-state index in [1.165, 1.54) is 10.9 Å². The molecule has 1 amide bonds. The zero-order chi connectivity index (χ0) is 14.8. The van der Waals surface area contributed by atoms with Crippen molar-refractivity contribution in [2.24, 2.45) is 0 Å². The Morgan fingerprint density at radius 3 is 2.81 bits per heavy atom. The van der Waals surface area contributed by atoms with Crippen molar-refractivity contribution < 1.29 is 4.79 Å². The van der Waals surface area contributed by atoms with Gasteiger partial charge in [-0.15, -0.1) is 0 Å². The maximum Gasteiger partial charge on any atom is 0.244 e. The van der Waals surface area contributed by atoms with Gasteiger partial charge in [-0.1, -0.05) is 34.1 Å². The molecule has 0 saturated heterocycles. The van der Waals surface area contributed by atoms with E-state index in [1.807, 2.05) is 47.2 Å². The van der Waals surface area contributed by atoms with Crippen molar-refractivity contribution in [3.63, 3.8) is 0 Å². The largest absolute Gasteiger partial charge is 0.338 e. The number of halogens is 1. The summed E-state index contributed by atoms with van der Waals surface area (Å²) in [6.45, 7) is 2.38. The first-order valence-electron chi connectivity index (χ1n) is 6.73. The molecule has 21 heavy (non-hydrogen) atoms. The Balaban J connectivity index is 1.79. The van der Waals surface area contributed by atoms with Gasteiger partial charge in [-0.3, -0.25) is 4.79 Å². The highest BCUT2D eigenvalue weighted by atomic mass is 79.9. The highest BCUT2D eigenvalue weighted by molar-refractivity contribution is 9.10. The molecule has 2 aromatic carbocycles. The van der Waals surface area contributed by atoms with Crippen molar-refractivity contribution in [3.8, 4) is 0 Å². The fourth-order valence-electron chi connectivity index (χ4n) is 2.44. The highest BCUT2D eigenvalue weighted by Gasteiger charge is 2.07. The number of amides is 1. The summed E-state index contributed by atoms with van der Waals surface area (Å²) in [5.74, 6) is -0.0351. The fraction of sp³-hybridized carbons (Fsp3) is 0.118. The molecule has 0 fully saturated rings. The molecule has 1 N–H and O–H groups in total. The molecule has 0 bridgehead atoms. The molecule has 3 nitrogen and oxygen atoms in total. The van der Waals surface area contributed by atoms with Crippen molar-refractivity contribution in [3.05, 3.63) is 64.8 Å². The van der Waals surface area contributed by atoms with Gasteiger partial charge in [0.1, 0.15) is 6.54 Å². The molecule has 3 aromatic rings. The molecule has 106 valence electrons. The Morgan fingerprint density at radius 2 is 2.00 bits per heavy atom. The number of aryl methyl sites for hydroxylation is 1. The average Bonchev–Trinajstić information content (AvgIpc) is 2.83. The Hall–Kier alpha value is -2.07. The standard InChI is InChI=1S/C17H15BrN2O/c1-12-4-2-7-16-15(12)8-9-20(16)11-17(21)19-14-6-3-5-13(18)10-14/h2-10H,11H2,1H3,(H,19,21). The third-order valence-electron chi connectivity index (χ3n) is 3.45.